The van der Waals surface area contributed by atoms with E-state index < -0.39 is 0 Å². The van der Waals surface area contributed by atoms with Crippen LogP contribution in [0.25, 0.3) is 0 Å². The topological polar surface area (TPSA) is 25.2 Å². The first kappa shape index (κ1) is 12.3. The van der Waals surface area contributed by atoms with Crippen molar-refractivity contribution in [3.05, 3.63) is 23.7 Å². The fraction of sp³-hybridized carbons (Fsp3) is 0.692. The van der Waals surface area contributed by atoms with Crippen LogP contribution >= 0.6 is 0 Å². The quantitative estimate of drug-likeness (QED) is 0.773. The van der Waals surface area contributed by atoms with Gasteiger partial charge in [-0.25, -0.2) is 0 Å². The van der Waals surface area contributed by atoms with E-state index in [1.54, 1.807) is 0 Å². The number of aryl methyl sites for hydroxylation is 1. The van der Waals surface area contributed by atoms with Gasteiger partial charge in [-0.15, -0.1) is 0 Å². The molecule has 0 aliphatic heterocycles. The minimum atomic E-state index is 0.364. The Morgan fingerprint density at radius 3 is 2.53 bits per heavy atom. The van der Waals surface area contributed by atoms with Crippen LogP contribution in [0.5, 0.6) is 0 Å². The zero-order chi connectivity index (χ0) is 11.3. The highest BCUT2D eigenvalue weighted by Crippen LogP contribution is 2.25. The van der Waals surface area contributed by atoms with Crippen molar-refractivity contribution in [1.29, 1.82) is 0 Å². The summed E-state index contributed by atoms with van der Waals surface area (Å²) < 4.78 is 5.70. The molecule has 1 N–H and O–H groups in total. The summed E-state index contributed by atoms with van der Waals surface area (Å²) in [5.74, 6) is 2.69. The Balaban J connectivity index is 2.71. The Hall–Kier alpha value is -0.760. The molecule has 1 rings (SSSR count). The Labute approximate surface area is 93.1 Å². The van der Waals surface area contributed by atoms with Crippen LogP contribution in [-0.2, 0) is 0 Å². The summed E-state index contributed by atoms with van der Waals surface area (Å²) in [4.78, 5) is 0. The summed E-state index contributed by atoms with van der Waals surface area (Å²) in [6.07, 6.45) is 2.33. The third-order valence-electron chi connectivity index (χ3n) is 2.89. The van der Waals surface area contributed by atoms with Crippen LogP contribution in [-0.4, -0.2) is 6.54 Å². The van der Waals surface area contributed by atoms with Crippen LogP contribution in [0.4, 0.5) is 0 Å². The average molecular weight is 209 g/mol. The van der Waals surface area contributed by atoms with E-state index in [0.29, 0.717) is 12.0 Å². The van der Waals surface area contributed by atoms with Gasteiger partial charge in [-0.05, 0) is 37.9 Å². The Morgan fingerprint density at radius 2 is 2.07 bits per heavy atom. The molecule has 0 radical (unpaired) electrons. The van der Waals surface area contributed by atoms with Gasteiger partial charge < -0.3 is 9.73 Å². The molecule has 2 unspecified atom stereocenters. The lowest BCUT2D eigenvalue weighted by Crippen LogP contribution is -2.27. The van der Waals surface area contributed by atoms with Gasteiger partial charge in [0.15, 0.2) is 0 Å². The Morgan fingerprint density at radius 1 is 1.33 bits per heavy atom. The van der Waals surface area contributed by atoms with Crippen molar-refractivity contribution < 1.29 is 4.42 Å². The number of hydrogen-bond donors (Lipinski definition) is 1. The molecule has 2 heteroatoms. The van der Waals surface area contributed by atoms with Gasteiger partial charge in [-0.1, -0.05) is 27.2 Å². The summed E-state index contributed by atoms with van der Waals surface area (Å²) >= 11 is 0. The molecule has 0 bridgehead atoms. The number of furan rings is 1. The second-order valence-electron chi connectivity index (χ2n) is 4.27. The zero-order valence-corrected chi connectivity index (χ0v) is 10.3. The molecular weight excluding hydrogens is 186 g/mol. The predicted molar refractivity (Wildman–Crippen MR) is 63.9 cm³/mol. The summed E-state index contributed by atoms with van der Waals surface area (Å²) in [5, 5.41) is 3.56. The van der Waals surface area contributed by atoms with Crippen LogP contribution in [0.3, 0.4) is 0 Å². The highest BCUT2D eigenvalue weighted by Gasteiger charge is 2.19. The third-order valence-corrected chi connectivity index (χ3v) is 2.89. The van der Waals surface area contributed by atoms with Gasteiger partial charge in [0, 0.05) is 0 Å². The first-order valence-corrected chi connectivity index (χ1v) is 5.98. The monoisotopic (exact) mass is 209 g/mol. The van der Waals surface area contributed by atoms with Crippen LogP contribution in [0.2, 0.25) is 0 Å². The summed E-state index contributed by atoms with van der Waals surface area (Å²) in [6.45, 7) is 9.73. The fourth-order valence-electron chi connectivity index (χ4n) is 1.74. The maximum atomic E-state index is 5.70. The molecule has 1 aromatic heterocycles. The van der Waals surface area contributed by atoms with Gasteiger partial charge in [0.05, 0.1) is 6.04 Å². The van der Waals surface area contributed by atoms with Crippen LogP contribution in [0.15, 0.2) is 16.5 Å². The maximum Gasteiger partial charge on any atom is 0.121 e. The van der Waals surface area contributed by atoms with Gasteiger partial charge in [-0.2, -0.15) is 0 Å². The summed E-state index contributed by atoms with van der Waals surface area (Å²) in [7, 11) is 0. The fourth-order valence-corrected chi connectivity index (χ4v) is 1.74. The minimum Gasteiger partial charge on any atom is -0.465 e. The highest BCUT2D eigenvalue weighted by atomic mass is 16.3. The van der Waals surface area contributed by atoms with Crippen molar-refractivity contribution in [2.24, 2.45) is 5.92 Å². The smallest absolute Gasteiger partial charge is 0.121 e. The average Bonchev–Trinajstić information content (AvgIpc) is 2.65. The second-order valence-corrected chi connectivity index (χ2v) is 4.27. The van der Waals surface area contributed by atoms with Gasteiger partial charge >= 0.3 is 0 Å². The molecule has 2 nitrogen and oxygen atoms in total. The SMILES string of the molecule is CCCNC(c1ccc(C)o1)C(C)CC. The molecule has 86 valence electrons. The van der Waals surface area contributed by atoms with Gasteiger partial charge in [0.25, 0.3) is 0 Å². The molecule has 0 fully saturated rings. The third kappa shape index (κ3) is 3.38. The molecular formula is C13H23NO. The van der Waals surface area contributed by atoms with Crippen LogP contribution in [0, 0.1) is 12.8 Å². The van der Waals surface area contributed by atoms with Crippen molar-refractivity contribution >= 4 is 0 Å². The summed E-state index contributed by atoms with van der Waals surface area (Å²) in [6, 6.07) is 4.50. The molecule has 0 aliphatic carbocycles. The van der Waals surface area contributed by atoms with E-state index in [2.05, 4.69) is 32.2 Å². The number of rotatable bonds is 6. The van der Waals surface area contributed by atoms with Gasteiger partial charge in [0.2, 0.25) is 0 Å². The zero-order valence-electron chi connectivity index (χ0n) is 10.3. The molecule has 0 aromatic carbocycles. The van der Waals surface area contributed by atoms with Crippen molar-refractivity contribution in [3.8, 4) is 0 Å². The minimum absolute atomic E-state index is 0.364. The van der Waals surface area contributed by atoms with Gasteiger partial charge in [0.1, 0.15) is 11.5 Å². The van der Waals surface area contributed by atoms with E-state index in [9.17, 15) is 0 Å². The summed E-state index contributed by atoms with van der Waals surface area (Å²) in [5.41, 5.74) is 0. The van der Waals surface area contributed by atoms with E-state index >= 15 is 0 Å². The van der Waals surface area contributed by atoms with Gasteiger partial charge in [-0.3, -0.25) is 0 Å². The van der Waals surface area contributed by atoms with E-state index in [1.807, 2.05) is 13.0 Å². The second kappa shape index (κ2) is 5.96. The first-order chi connectivity index (χ1) is 7.19. The highest BCUT2D eigenvalue weighted by molar-refractivity contribution is 5.10. The largest absolute Gasteiger partial charge is 0.465 e. The molecule has 0 saturated carbocycles. The molecule has 0 spiro atoms. The normalized spacial score (nSPS) is 15.2. The maximum absolute atomic E-state index is 5.70. The van der Waals surface area contributed by atoms with E-state index in [1.165, 1.54) is 6.42 Å². The standard InChI is InChI=1S/C13H23NO/c1-5-9-14-13(10(3)6-2)12-8-7-11(4)15-12/h7-8,10,13-14H,5-6,9H2,1-4H3. The molecule has 2 atom stereocenters. The molecule has 1 aromatic rings. The first-order valence-electron chi connectivity index (χ1n) is 5.98. The predicted octanol–water partition coefficient (Wildman–Crippen LogP) is 3.67. The lowest BCUT2D eigenvalue weighted by atomic mass is 9.97. The molecule has 1 heterocycles. The van der Waals surface area contributed by atoms with Crippen molar-refractivity contribution in [3.63, 3.8) is 0 Å². The molecule has 0 aliphatic rings. The van der Waals surface area contributed by atoms with E-state index in [-0.39, 0.29) is 0 Å². The van der Waals surface area contributed by atoms with Crippen LogP contribution in [0.1, 0.15) is 51.2 Å². The van der Waals surface area contributed by atoms with E-state index in [4.69, 9.17) is 4.42 Å². The Kier molecular flexibility index (Phi) is 4.89. The van der Waals surface area contributed by atoms with Crippen molar-refractivity contribution in [1.82, 2.24) is 5.32 Å². The number of hydrogen-bond acceptors (Lipinski definition) is 2. The van der Waals surface area contributed by atoms with Crippen LogP contribution < -0.4 is 5.32 Å². The molecule has 0 amide bonds. The molecule has 0 saturated heterocycles. The molecule has 15 heavy (non-hydrogen) atoms. The lowest BCUT2D eigenvalue weighted by molar-refractivity contribution is 0.314. The number of nitrogens with one attached hydrogen (secondary N) is 1. The Bertz CT molecular complexity index is 280. The van der Waals surface area contributed by atoms with E-state index in [0.717, 1.165) is 24.5 Å². The lowest BCUT2D eigenvalue weighted by Gasteiger charge is -2.22. The van der Waals surface area contributed by atoms with Crippen molar-refractivity contribution in [2.75, 3.05) is 6.54 Å². The van der Waals surface area contributed by atoms with Crippen molar-refractivity contribution in [2.45, 2.75) is 46.6 Å².